The summed E-state index contributed by atoms with van der Waals surface area (Å²) in [5.41, 5.74) is 7.94. The first-order valence-corrected chi connectivity index (χ1v) is 13.6. The Morgan fingerprint density at radius 2 is 1.41 bits per heavy atom. The molecular formula is C32H25N5OS. The molecule has 7 rings (SSSR count). The van der Waals surface area contributed by atoms with E-state index in [4.69, 9.17) is 4.74 Å². The lowest BCUT2D eigenvalue weighted by Crippen LogP contribution is -2.02. The Morgan fingerprint density at radius 3 is 2.08 bits per heavy atom. The lowest BCUT2D eigenvalue weighted by atomic mass is 9.84. The zero-order valence-electron chi connectivity index (χ0n) is 21.2. The van der Waals surface area contributed by atoms with Gasteiger partial charge in [0.25, 0.3) is 0 Å². The average molecular weight is 528 g/mol. The topological polar surface area (TPSA) is 78.6 Å². The highest BCUT2D eigenvalue weighted by Gasteiger charge is 2.23. The van der Waals surface area contributed by atoms with Crippen molar-refractivity contribution in [3.63, 3.8) is 0 Å². The van der Waals surface area contributed by atoms with Gasteiger partial charge in [-0.1, -0.05) is 78.1 Å². The third-order valence-electron chi connectivity index (χ3n) is 7.10. The fraction of sp³-hybridized carbons (Fsp3) is 0.0625. The average Bonchev–Trinajstić information content (AvgIpc) is 3.74. The van der Waals surface area contributed by atoms with Crippen LogP contribution in [0, 0.1) is 0 Å². The summed E-state index contributed by atoms with van der Waals surface area (Å²) in [5, 5.41) is 16.2. The minimum atomic E-state index is 0.0612. The maximum absolute atomic E-state index is 5.32. The maximum atomic E-state index is 5.32. The number of nitrogens with zero attached hydrogens (tertiary/aromatic N) is 2. The molecule has 4 aromatic carbocycles. The lowest BCUT2D eigenvalue weighted by Gasteiger charge is -2.18. The second-order valence-corrected chi connectivity index (χ2v) is 10.4. The molecule has 6 nitrogen and oxygen atoms in total. The molecule has 39 heavy (non-hydrogen) atoms. The van der Waals surface area contributed by atoms with Crippen molar-refractivity contribution >= 4 is 44.0 Å². The molecule has 0 radical (unpaired) electrons. The summed E-state index contributed by atoms with van der Waals surface area (Å²) in [6, 6.07) is 33.4. The molecule has 0 saturated carbocycles. The number of nitrogens with one attached hydrogen (secondary N) is 3. The Labute approximate surface area is 229 Å². The van der Waals surface area contributed by atoms with Gasteiger partial charge in [0, 0.05) is 57.4 Å². The molecule has 190 valence electrons. The summed E-state index contributed by atoms with van der Waals surface area (Å²) in [4.78, 5) is 6.95. The molecule has 0 aliphatic carbocycles. The first-order valence-electron chi connectivity index (χ1n) is 12.7. The zero-order valence-corrected chi connectivity index (χ0v) is 22.0. The van der Waals surface area contributed by atoms with Crippen molar-refractivity contribution in [2.45, 2.75) is 5.92 Å². The molecule has 3 N–H and O–H groups in total. The van der Waals surface area contributed by atoms with E-state index in [0.29, 0.717) is 0 Å². The van der Waals surface area contributed by atoms with Crippen LogP contribution in [0.4, 0.5) is 10.8 Å². The number of methoxy groups -OCH3 is 1. The van der Waals surface area contributed by atoms with Crippen LogP contribution in [-0.2, 0) is 0 Å². The molecule has 0 aliphatic heterocycles. The molecule has 0 fully saturated rings. The number of hydrogen-bond donors (Lipinski definition) is 3. The number of rotatable bonds is 7. The van der Waals surface area contributed by atoms with E-state index >= 15 is 0 Å². The normalized spacial score (nSPS) is 11.4. The van der Waals surface area contributed by atoms with Crippen molar-refractivity contribution < 1.29 is 4.74 Å². The van der Waals surface area contributed by atoms with Crippen LogP contribution in [0.2, 0.25) is 0 Å². The van der Waals surface area contributed by atoms with Crippen LogP contribution in [0.5, 0.6) is 5.75 Å². The van der Waals surface area contributed by atoms with Crippen LogP contribution in [0.3, 0.4) is 0 Å². The minimum absolute atomic E-state index is 0.0612. The molecule has 0 amide bonds. The predicted octanol–water partition coefficient (Wildman–Crippen LogP) is 8.10. The first-order chi connectivity index (χ1) is 19.3. The number of fused-ring (bicyclic) bond motifs is 2. The van der Waals surface area contributed by atoms with Crippen molar-refractivity contribution in [1.82, 2.24) is 20.2 Å². The first kappa shape index (κ1) is 23.3. The van der Waals surface area contributed by atoms with Gasteiger partial charge in [0.15, 0.2) is 0 Å². The Balaban J connectivity index is 1.24. The van der Waals surface area contributed by atoms with Gasteiger partial charge in [-0.3, -0.25) is 0 Å². The van der Waals surface area contributed by atoms with Gasteiger partial charge < -0.3 is 20.0 Å². The van der Waals surface area contributed by atoms with Gasteiger partial charge in [0.05, 0.1) is 7.11 Å². The summed E-state index contributed by atoms with van der Waals surface area (Å²) in [6.45, 7) is 0. The number of anilines is 2. The molecule has 0 unspecified atom stereocenters. The van der Waals surface area contributed by atoms with E-state index in [1.165, 1.54) is 38.8 Å². The predicted molar refractivity (Wildman–Crippen MR) is 159 cm³/mol. The van der Waals surface area contributed by atoms with E-state index in [-0.39, 0.29) is 5.92 Å². The van der Waals surface area contributed by atoms with Crippen molar-refractivity contribution in [2.75, 3.05) is 12.4 Å². The molecule has 7 aromatic rings. The Hall–Kier alpha value is -4.88. The molecule has 0 atom stereocenters. The number of aromatic nitrogens is 4. The molecule has 3 heterocycles. The van der Waals surface area contributed by atoms with Crippen LogP contribution < -0.4 is 10.1 Å². The summed E-state index contributed by atoms with van der Waals surface area (Å²) < 4.78 is 5.32. The van der Waals surface area contributed by atoms with E-state index < -0.39 is 0 Å². The van der Waals surface area contributed by atoms with Crippen LogP contribution in [-0.4, -0.2) is 27.3 Å². The third kappa shape index (κ3) is 4.32. The second-order valence-electron chi connectivity index (χ2n) is 9.40. The van der Waals surface area contributed by atoms with Crippen LogP contribution in [0.1, 0.15) is 22.6 Å². The van der Waals surface area contributed by atoms with Crippen molar-refractivity contribution in [3.05, 3.63) is 126 Å². The maximum Gasteiger partial charge on any atom is 0.210 e. The summed E-state index contributed by atoms with van der Waals surface area (Å²) in [5.74, 6) is 0.853. The summed E-state index contributed by atoms with van der Waals surface area (Å²) in [6.07, 6.45) is 4.29. The fourth-order valence-electron chi connectivity index (χ4n) is 5.23. The number of aromatic amines is 2. The van der Waals surface area contributed by atoms with Crippen molar-refractivity contribution in [1.29, 1.82) is 0 Å². The highest BCUT2D eigenvalue weighted by molar-refractivity contribution is 7.18. The molecular weight excluding hydrogens is 502 g/mol. The Bertz CT molecular complexity index is 1830. The molecule has 0 spiro atoms. The zero-order chi connectivity index (χ0) is 26.2. The molecule has 0 aliphatic rings. The number of ether oxygens (including phenoxy) is 1. The van der Waals surface area contributed by atoms with E-state index in [2.05, 4.69) is 111 Å². The van der Waals surface area contributed by atoms with Gasteiger partial charge in [0.1, 0.15) is 10.8 Å². The lowest BCUT2D eigenvalue weighted by molar-refractivity contribution is 0.415. The highest BCUT2D eigenvalue weighted by atomic mass is 32.1. The molecule has 7 heteroatoms. The van der Waals surface area contributed by atoms with E-state index in [1.807, 2.05) is 24.3 Å². The summed E-state index contributed by atoms with van der Waals surface area (Å²) >= 11 is 1.52. The van der Waals surface area contributed by atoms with Crippen LogP contribution in [0.25, 0.3) is 32.4 Å². The van der Waals surface area contributed by atoms with Gasteiger partial charge in [0.2, 0.25) is 5.13 Å². The van der Waals surface area contributed by atoms with Crippen LogP contribution >= 0.6 is 11.3 Å². The van der Waals surface area contributed by atoms with Gasteiger partial charge in [-0.2, -0.15) is 0 Å². The van der Waals surface area contributed by atoms with Gasteiger partial charge in [-0.25, -0.2) is 0 Å². The van der Waals surface area contributed by atoms with Crippen molar-refractivity contribution in [3.8, 4) is 16.3 Å². The largest absolute Gasteiger partial charge is 0.497 e. The second kappa shape index (κ2) is 9.78. The van der Waals surface area contributed by atoms with Gasteiger partial charge >= 0.3 is 0 Å². The van der Waals surface area contributed by atoms with Gasteiger partial charge in [-0.15, -0.1) is 10.2 Å². The number of benzene rings is 4. The Kier molecular flexibility index (Phi) is 5.83. The van der Waals surface area contributed by atoms with Gasteiger partial charge in [-0.05, 0) is 41.0 Å². The summed E-state index contributed by atoms with van der Waals surface area (Å²) in [7, 11) is 1.66. The van der Waals surface area contributed by atoms with Crippen molar-refractivity contribution in [2.24, 2.45) is 0 Å². The number of H-pyrrole nitrogens is 2. The standard InChI is InChI=1S/C32H25N5OS/c1-38-23-8-6-7-22(17-23)35-32-37-36-31(39-32)21-15-13-20(14-16-21)30(26-18-33-28-11-4-2-9-24(26)28)27-19-34-29-12-5-3-10-25(27)29/h2-19,30,33-34H,1H3,(H,35,37). The SMILES string of the molecule is COc1cccc(Nc2nnc(-c3ccc(C(c4c[nH]c5ccccc45)c4c[nH]c5ccccc45)cc3)s2)c1. The third-order valence-corrected chi connectivity index (χ3v) is 7.99. The fourth-order valence-corrected chi connectivity index (χ4v) is 5.99. The van der Waals surface area contributed by atoms with E-state index in [0.717, 1.165) is 38.2 Å². The Morgan fingerprint density at radius 1 is 0.744 bits per heavy atom. The molecule has 0 bridgehead atoms. The monoisotopic (exact) mass is 527 g/mol. The highest BCUT2D eigenvalue weighted by Crippen LogP contribution is 2.40. The molecule has 0 saturated heterocycles. The van der Waals surface area contributed by atoms with E-state index in [9.17, 15) is 0 Å². The molecule has 3 aromatic heterocycles. The van der Waals surface area contributed by atoms with Crippen LogP contribution in [0.15, 0.2) is 109 Å². The quantitative estimate of drug-likeness (QED) is 0.196. The number of para-hydroxylation sites is 2. The minimum Gasteiger partial charge on any atom is -0.497 e. The smallest absolute Gasteiger partial charge is 0.210 e. The van der Waals surface area contributed by atoms with E-state index in [1.54, 1.807) is 7.11 Å². The number of hydrogen-bond acceptors (Lipinski definition) is 5.